The molecule has 1 aromatic carbocycles. The lowest BCUT2D eigenvalue weighted by atomic mass is 10.2. The van der Waals surface area contributed by atoms with Crippen LogP contribution in [0.25, 0.3) is 0 Å². The topological polar surface area (TPSA) is 83.9 Å². The van der Waals surface area contributed by atoms with Gasteiger partial charge < -0.3 is 9.84 Å². The fraction of sp³-hybridized carbons (Fsp3) is 0.182. The van der Waals surface area contributed by atoms with Crippen LogP contribution in [-0.2, 0) is 9.59 Å². The van der Waals surface area contributed by atoms with Crippen molar-refractivity contribution in [3.63, 3.8) is 0 Å². The number of imide groups is 1. The van der Waals surface area contributed by atoms with Gasteiger partial charge in [-0.1, -0.05) is 12.1 Å². The number of carbonyl (C=O) groups excluding carboxylic acids is 2. The monoisotopic (exact) mass is 235 g/mol. The third kappa shape index (κ3) is 2.10. The normalized spacial score (nSPS) is 14.9. The lowest BCUT2D eigenvalue weighted by molar-refractivity contribution is -0.143. The molecule has 17 heavy (non-hydrogen) atoms. The van der Waals surface area contributed by atoms with E-state index in [1.807, 2.05) is 0 Å². The molecule has 0 spiro atoms. The molecule has 0 aromatic heterocycles. The first kappa shape index (κ1) is 11.1. The smallest absolute Gasteiger partial charge is 0.323 e. The molecule has 1 aromatic rings. The largest absolute Gasteiger partial charge is 0.483 e. The molecule has 0 saturated carbocycles. The number of carboxylic acids is 1. The van der Waals surface area contributed by atoms with Gasteiger partial charge >= 0.3 is 5.97 Å². The molecule has 0 radical (unpaired) electrons. The average molecular weight is 235 g/mol. The van der Waals surface area contributed by atoms with Crippen molar-refractivity contribution >= 4 is 17.8 Å². The van der Waals surface area contributed by atoms with Gasteiger partial charge in [0.25, 0.3) is 11.8 Å². The molecule has 1 aliphatic heterocycles. The maximum Gasteiger partial charge on any atom is 0.323 e. The van der Waals surface area contributed by atoms with Gasteiger partial charge in [-0.25, -0.2) is 0 Å². The summed E-state index contributed by atoms with van der Waals surface area (Å²) in [5.41, 5.74) is 0.194. The molecule has 6 nitrogen and oxygen atoms in total. The predicted molar refractivity (Wildman–Crippen MR) is 55.6 cm³/mol. The first-order chi connectivity index (χ1) is 8.09. The lowest BCUT2D eigenvalue weighted by Crippen LogP contribution is -2.41. The third-order valence-electron chi connectivity index (χ3n) is 2.31. The van der Waals surface area contributed by atoms with Crippen molar-refractivity contribution in [1.82, 2.24) is 4.90 Å². The van der Waals surface area contributed by atoms with Crippen LogP contribution in [0.4, 0.5) is 0 Å². The summed E-state index contributed by atoms with van der Waals surface area (Å²) in [6.07, 6.45) is 0. The van der Waals surface area contributed by atoms with Gasteiger partial charge in [-0.2, -0.15) is 0 Å². The number of ether oxygens (including phenoxy) is 1. The van der Waals surface area contributed by atoms with Crippen molar-refractivity contribution in [3.8, 4) is 5.75 Å². The molecule has 0 aliphatic carbocycles. The molecule has 88 valence electrons. The van der Waals surface area contributed by atoms with Crippen molar-refractivity contribution in [1.29, 1.82) is 0 Å². The van der Waals surface area contributed by atoms with Gasteiger partial charge in [0.2, 0.25) is 0 Å². The highest BCUT2D eigenvalue weighted by atomic mass is 16.5. The Morgan fingerprint density at radius 1 is 1.35 bits per heavy atom. The average Bonchev–Trinajstić information content (AvgIpc) is 2.42. The summed E-state index contributed by atoms with van der Waals surface area (Å²) in [7, 11) is 0. The van der Waals surface area contributed by atoms with E-state index < -0.39 is 24.3 Å². The van der Waals surface area contributed by atoms with Gasteiger partial charge in [0.1, 0.15) is 12.3 Å². The van der Waals surface area contributed by atoms with Crippen molar-refractivity contribution in [2.45, 2.75) is 0 Å². The van der Waals surface area contributed by atoms with E-state index in [0.717, 1.165) is 0 Å². The molecular formula is C11H9NO5. The maximum absolute atomic E-state index is 11.9. The van der Waals surface area contributed by atoms with Crippen LogP contribution in [0.2, 0.25) is 0 Å². The van der Waals surface area contributed by atoms with Crippen molar-refractivity contribution in [3.05, 3.63) is 29.8 Å². The van der Waals surface area contributed by atoms with Gasteiger partial charge in [-0.05, 0) is 12.1 Å². The molecule has 0 bridgehead atoms. The number of aliphatic carboxylic acids is 1. The summed E-state index contributed by atoms with van der Waals surface area (Å²) in [5, 5.41) is 8.65. The van der Waals surface area contributed by atoms with Crippen LogP contribution < -0.4 is 4.74 Å². The fourth-order valence-electron chi connectivity index (χ4n) is 1.54. The van der Waals surface area contributed by atoms with Crippen LogP contribution in [0, 0.1) is 0 Å². The zero-order valence-corrected chi connectivity index (χ0v) is 8.75. The molecule has 0 atom stereocenters. The van der Waals surface area contributed by atoms with Gasteiger partial charge in [-0.3, -0.25) is 19.3 Å². The summed E-state index contributed by atoms with van der Waals surface area (Å²) < 4.78 is 5.14. The molecule has 1 aliphatic rings. The number of benzene rings is 1. The second-order valence-corrected chi connectivity index (χ2v) is 3.46. The minimum atomic E-state index is -1.24. The Hall–Kier alpha value is -2.37. The molecule has 6 heteroatoms. The number of rotatable bonds is 2. The second-order valence-electron chi connectivity index (χ2n) is 3.46. The van der Waals surface area contributed by atoms with E-state index >= 15 is 0 Å². The van der Waals surface area contributed by atoms with Gasteiger partial charge in [-0.15, -0.1) is 0 Å². The van der Waals surface area contributed by atoms with Crippen molar-refractivity contribution in [2.24, 2.45) is 0 Å². The Kier molecular flexibility index (Phi) is 2.78. The van der Waals surface area contributed by atoms with Crippen molar-refractivity contribution < 1.29 is 24.2 Å². The number of nitrogens with zero attached hydrogens (tertiary/aromatic N) is 1. The Labute approximate surface area is 96.4 Å². The maximum atomic E-state index is 11.9. The van der Waals surface area contributed by atoms with E-state index in [1.54, 1.807) is 18.2 Å². The Morgan fingerprint density at radius 3 is 2.76 bits per heavy atom. The van der Waals surface area contributed by atoms with Crippen LogP contribution in [0.3, 0.4) is 0 Å². The number of amides is 2. The molecular weight excluding hydrogens is 226 g/mol. The minimum absolute atomic E-state index is 0.194. The van der Waals surface area contributed by atoms with Crippen LogP contribution in [-0.4, -0.2) is 40.9 Å². The van der Waals surface area contributed by atoms with E-state index in [1.165, 1.54) is 6.07 Å². The van der Waals surface area contributed by atoms with Crippen molar-refractivity contribution in [2.75, 3.05) is 13.2 Å². The SMILES string of the molecule is O=C(O)CN1C(=O)COc2ccccc2C1=O. The molecule has 0 fully saturated rings. The summed E-state index contributed by atoms with van der Waals surface area (Å²) in [4.78, 5) is 34.8. The minimum Gasteiger partial charge on any atom is -0.483 e. The van der Waals surface area contributed by atoms with E-state index in [-0.39, 0.29) is 12.2 Å². The molecule has 0 unspecified atom stereocenters. The lowest BCUT2D eigenvalue weighted by Gasteiger charge is -2.14. The number of hydrogen-bond donors (Lipinski definition) is 1. The molecule has 2 rings (SSSR count). The molecule has 2 amide bonds. The summed E-state index contributed by atoms with van der Waals surface area (Å²) >= 11 is 0. The van der Waals surface area contributed by atoms with Crippen LogP contribution in [0.5, 0.6) is 5.75 Å². The zero-order valence-electron chi connectivity index (χ0n) is 8.75. The zero-order chi connectivity index (χ0) is 12.4. The first-order valence-corrected chi connectivity index (χ1v) is 4.88. The Bertz CT molecular complexity index is 496. The standard InChI is InChI=1S/C11H9NO5/c13-9-6-17-8-4-2-1-3-7(8)11(16)12(9)5-10(14)15/h1-4H,5-6H2,(H,14,15). The number of hydrogen-bond acceptors (Lipinski definition) is 4. The number of para-hydroxylation sites is 1. The molecule has 1 N–H and O–H groups in total. The second kappa shape index (κ2) is 4.25. The van der Waals surface area contributed by atoms with E-state index in [2.05, 4.69) is 0 Å². The highest BCUT2D eigenvalue weighted by Crippen LogP contribution is 2.22. The summed E-state index contributed by atoms with van der Waals surface area (Å²) in [6, 6.07) is 6.34. The van der Waals surface area contributed by atoms with Crippen LogP contribution >= 0.6 is 0 Å². The number of carboxylic acid groups (broad SMARTS) is 1. The van der Waals surface area contributed by atoms with E-state index in [9.17, 15) is 14.4 Å². The van der Waals surface area contributed by atoms with Crippen LogP contribution in [0.1, 0.15) is 10.4 Å². The van der Waals surface area contributed by atoms with Gasteiger partial charge in [0.05, 0.1) is 5.56 Å². The highest BCUT2D eigenvalue weighted by Gasteiger charge is 2.30. The number of carbonyl (C=O) groups is 3. The van der Waals surface area contributed by atoms with Gasteiger partial charge in [0.15, 0.2) is 6.61 Å². The Balaban J connectivity index is 2.40. The third-order valence-corrected chi connectivity index (χ3v) is 2.31. The Morgan fingerprint density at radius 2 is 2.06 bits per heavy atom. The predicted octanol–water partition coefficient (Wildman–Crippen LogP) is 0.132. The number of fused-ring (bicyclic) bond motifs is 1. The fourth-order valence-corrected chi connectivity index (χ4v) is 1.54. The van der Waals surface area contributed by atoms with Crippen LogP contribution in [0.15, 0.2) is 24.3 Å². The van der Waals surface area contributed by atoms with E-state index in [0.29, 0.717) is 10.6 Å². The summed E-state index contributed by atoms with van der Waals surface area (Å²) in [6.45, 7) is -0.995. The molecule has 0 saturated heterocycles. The van der Waals surface area contributed by atoms with Gasteiger partial charge in [0, 0.05) is 0 Å². The first-order valence-electron chi connectivity index (χ1n) is 4.88. The summed E-state index contributed by atoms with van der Waals surface area (Å²) in [5.74, 6) is -2.26. The van der Waals surface area contributed by atoms with E-state index in [4.69, 9.17) is 9.84 Å². The molecule has 1 heterocycles. The quantitative estimate of drug-likeness (QED) is 0.737. The highest BCUT2D eigenvalue weighted by molar-refractivity contribution is 6.09.